The van der Waals surface area contributed by atoms with Crippen molar-refractivity contribution in [3.05, 3.63) is 56.5 Å². The van der Waals surface area contributed by atoms with Crippen molar-refractivity contribution in [3.8, 4) is 5.75 Å². The van der Waals surface area contributed by atoms with Crippen LogP contribution < -0.4 is 10.1 Å². The summed E-state index contributed by atoms with van der Waals surface area (Å²) in [7, 11) is 0. The second-order valence-corrected chi connectivity index (χ2v) is 6.16. The maximum Gasteiger partial charge on any atom is 0.262 e. The van der Waals surface area contributed by atoms with Crippen LogP contribution in [0.15, 0.2) is 30.3 Å². The summed E-state index contributed by atoms with van der Waals surface area (Å²) in [6.45, 7) is 3.79. The van der Waals surface area contributed by atoms with E-state index in [1.807, 2.05) is 32.0 Å². The van der Waals surface area contributed by atoms with Crippen molar-refractivity contribution in [1.82, 2.24) is 0 Å². The van der Waals surface area contributed by atoms with E-state index in [4.69, 9.17) is 39.5 Å². The third-order valence-corrected chi connectivity index (χ3v) is 3.65. The summed E-state index contributed by atoms with van der Waals surface area (Å²) in [5.41, 5.74) is 2.46. The molecule has 3 nitrogen and oxygen atoms in total. The highest BCUT2D eigenvalue weighted by Crippen LogP contribution is 2.33. The topological polar surface area (TPSA) is 38.3 Å². The fourth-order valence-electron chi connectivity index (χ4n) is 2.00. The molecule has 1 amide bonds. The zero-order valence-corrected chi connectivity index (χ0v) is 14.3. The van der Waals surface area contributed by atoms with Gasteiger partial charge in [0.1, 0.15) is 5.75 Å². The summed E-state index contributed by atoms with van der Waals surface area (Å²) in [5, 5.41) is 3.57. The molecule has 6 heteroatoms. The summed E-state index contributed by atoms with van der Waals surface area (Å²) < 4.78 is 5.48. The van der Waals surface area contributed by atoms with E-state index in [1.54, 1.807) is 0 Å². The number of carbonyl (C=O) groups is 1. The minimum absolute atomic E-state index is 0.141. The molecular formula is C16H14Cl3NO2. The molecule has 0 atom stereocenters. The smallest absolute Gasteiger partial charge is 0.262 e. The first-order valence-corrected chi connectivity index (χ1v) is 7.64. The Labute approximate surface area is 144 Å². The Morgan fingerprint density at radius 3 is 2.09 bits per heavy atom. The van der Waals surface area contributed by atoms with Gasteiger partial charge in [-0.3, -0.25) is 4.79 Å². The maximum atomic E-state index is 12.0. The normalized spacial score (nSPS) is 10.4. The van der Waals surface area contributed by atoms with Crippen LogP contribution in [0.25, 0.3) is 0 Å². The van der Waals surface area contributed by atoms with Crippen LogP contribution in [0, 0.1) is 13.8 Å². The number of carbonyl (C=O) groups excluding carboxylic acids is 1. The van der Waals surface area contributed by atoms with E-state index in [2.05, 4.69) is 5.32 Å². The molecule has 1 N–H and O–H groups in total. The minimum Gasteiger partial charge on any atom is -0.484 e. The summed E-state index contributed by atoms with van der Waals surface area (Å²) in [5.74, 6) is 0.284. The molecule has 0 spiro atoms. The molecule has 0 unspecified atom stereocenters. The zero-order valence-electron chi connectivity index (χ0n) is 12.0. The highest BCUT2D eigenvalue weighted by molar-refractivity contribution is 6.42. The fraction of sp³-hybridized carbons (Fsp3) is 0.188. The van der Waals surface area contributed by atoms with Crippen LogP contribution in [-0.2, 0) is 4.79 Å². The lowest BCUT2D eigenvalue weighted by atomic mass is 10.1. The van der Waals surface area contributed by atoms with Gasteiger partial charge in [0.2, 0.25) is 0 Å². The van der Waals surface area contributed by atoms with Gasteiger partial charge in [-0.25, -0.2) is 0 Å². The molecule has 0 aliphatic rings. The van der Waals surface area contributed by atoms with Crippen LogP contribution in [0.2, 0.25) is 15.1 Å². The van der Waals surface area contributed by atoms with E-state index in [0.29, 0.717) is 16.5 Å². The van der Waals surface area contributed by atoms with Gasteiger partial charge in [0.25, 0.3) is 5.91 Å². The molecule has 0 saturated heterocycles. The van der Waals surface area contributed by atoms with Crippen LogP contribution in [0.5, 0.6) is 5.75 Å². The van der Waals surface area contributed by atoms with E-state index in [1.165, 1.54) is 12.1 Å². The summed E-state index contributed by atoms with van der Waals surface area (Å²) in [6, 6.07) is 8.77. The molecule has 0 saturated carbocycles. The largest absolute Gasteiger partial charge is 0.484 e. The highest BCUT2D eigenvalue weighted by atomic mass is 35.5. The van der Waals surface area contributed by atoms with Crippen molar-refractivity contribution >= 4 is 46.4 Å². The number of anilines is 1. The number of amides is 1. The van der Waals surface area contributed by atoms with Gasteiger partial charge in [-0.15, -0.1) is 0 Å². The number of nitrogens with one attached hydrogen (secondary N) is 1. The Kier molecular flexibility index (Phi) is 5.57. The average Bonchev–Trinajstić information content (AvgIpc) is 2.39. The number of halogens is 3. The lowest BCUT2D eigenvalue weighted by molar-refractivity contribution is -0.118. The van der Waals surface area contributed by atoms with E-state index in [-0.39, 0.29) is 22.6 Å². The molecule has 0 aliphatic heterocycles. The lowest BCUT2D eigenvalue weighted by Crippen LogP contribution is -2.20. The van der Waals surface area contributed by atoms with Gasteiger partial charge in [-0.05, 0) is 49.2 Å². The SMILES string of the molecule is Cc1cc(C)cc(OCC(=O)Nc2c(Cl)cc(Cl)cc2Cl)c1. The van der Waals surface area contributed by atoms with Crippen LogP contribution in [0.3, 0.4) is 0 Å². The molecule has 2 rings (SSSR count). The standard InChI is InChI=1S/C16H14Cl3NO2/c1-9-3-10(2)5-12(4-9)22-8-15(21)20-16-13(18)6-11(17)7-14(16)19/h3-7H,8H2,1-2H3,(H,20,21). The van der Waals surface area contributed by atoms with Crippen molar-refractivity contribution in [1.29, 1.82) is 0 Å². The maximum absolute atomic E-state index is 12.0. The van der Waals surface area contributed by atoms with Crippen molar-refractivity contribution < 1.29 is 9.53 Å². The van der Waals surface area contributed by atoms with Gasteiger partial charge < -0.3 is 10.1 Å². The van der Waals surface area contributed by atoms with E-state index < -0.39 is 0 Å². The second kappa shape index (κ2) is 7.23. The Hall–Kier alpha value is -1.42. The quantitative estimate of drug-likeness (QED) is 0.807. The molecule has 0 bridgehead atoms. The molecule has 0 radical (unpaired) electrons. The van der Waals surface area contributed by atoms with Crippen molar-refractivity contribution in [2.75, 3.05) is 11.9 Å². The number of hydrogen-bond acceptors (Lipinski definition) is 2. The minimum atomic E-state index is -0.356. The monoisotopic (exact) mass is 357 g/mol. The van der Waals surface area contributed by atoms with Crippen LogP contribution >= 0.6 is 34.8 Å². The van der Waals surface area contributed by atoms with E-state index >= 15 is 0 Å². The van der Waals surface area contributed by atoms with Gasteiger partial charge in [-0.1, -0.05) is 40.9 Å². The zero-order chi connectivity index (χ0) is 16.3. The molecule has 0 fully saturated rings. The predicted octanol–water partition coefficient (Wildman–Crippen LogP) is 5.28. The number of ether oxygens (including phenoxy) is 1. The van der Waals surface area contributed by atoms with Gasteiger partial charge in [-0.2, -0.15) is 0 Å². The van der Waals surface area contributed by atoms with Crippen LogP contribution in [-0.4, -0.2) is 12.5 Å². The number of hydrogen-bond donors (Lipinski definition) is 1. The van der Waals surface area contributed by atoms with E-state index in [9.17, 15) is 4.79 Å². The number of benzene rings is 2. The first-order chi connectivity index (χ1) is 10.3. The molecule has 0 heterocycles. The molecule has 0 aliphatic carbocycles. The predicted molar refractivity (Wildman–Crippen MR) is 91.5 cm³/mol. The Balaban J connectivity index is 2.02. The van der Waals surface area contributed by atoms with Gasteiger partial charge in [0.05, 0.1) is 15.7 Å². The summed E-state index contributed by atoms with van der Waals surface area (Å²) in [4.78, 5) is 12.0. The van der Waals surface area contributed by atoms with Crippen molar-refractivity contribution in [3.63, 3.8) is 0 Å². The molecule has 2 aromatic carbocycles. The third-order valence-electron chi connectivity index (χ3n) is 2.84. The van der Waals surface area contributed by atoms with Crippen molar-refractivity contribution in [2.45, 2.75) is 13.8 Å². The van der Waals surface area contributed by atoms with Crippen LogP contribution in [0.4, 0.5) is 5.69 Å². The molecular weight excluding hydrogens is 345 g/mol. The second-order valence-electron chi connectivity index (χ2n) is 4.90. The van der Waals surface area contributed by atoms with Gasteiger partial charge in [0.15, 0.2) is 6.61 Å². The molecule has 2 aromatic rings. The fourth-order valence-corrected chi connectivity index (χ4v) is 2.91. The Morgan fingerprint density at radius 1 is 1.00 bits per heavy atom. The van der Waals surface area contributed by atoms with Gasteiger partial charge in [0, 0.05) is 5.02 Å². The third kappa shape index (κ3) is 4.54. The Bertz CT molecular complexity index is 673. The molecule has 0 aromatic heterocycles. The van der Waals surface area contributed by atoms with E-state index in [0.717, 1.165) is 11.1 Å². The van der Waals surface area contributed by atoms with Crippen LogP contribution in [0.1, 0.15) is 11.1 Å². The number of rotatable bonds is 4. The first-order valence-electron chi connectivity index (χ1n) is 6.50. The molecule has 22 heavy (non-hydrogen) atoms. The number of aryl methyl sites for hydroxylation is 2. The molecule has 116 valence electrons. The van der Waals surface area contributed by atoms with Crippen molar-refractivity contribution in [2.24, 2.45) is 0 Å². The van der Waals surface area contributed by atoms with Gasteiger partial charge >= 0.3 is 0 Å². The highest BCUT2D eigenvalue weighted by Gasteiger charge is 2.12. The Morgan fingerprint density at radius 2 is 1.55 bits per heavy atom. The average molecular weight is 359 g/mol. The lowest BCUT2D eigenvalue weighted by Gasteiger charge is -2.11. The summed E-state index contributed by atoms with van der Waals surface area (Å²) >= 11 is 17.8. The first kappa shape index (κ1) is 16.9. The summed E-state index contributed by atoms with van der Waals surface area (Å²) in [6.07, 6.45) is 0.